The lowest BCUT2D eigenvalue weighted by atomic mass is 10.00. The molecule has 0 aliphatic heterocycles. The lowest BCUT2D eigenvalue weighted by Gasteiger charge is -2.27. The van der Waals surface area contributed by atoms with Gasteiger partial charge in [-0.3, -0.25) is 67.1 Å². The van der Waals surface area contributed by atoms with Crippen LogP contribution < -0.4 is 75.3 Å². The van der Waals surface area contributed by atoms with Crippen LogP contribution in [0.15, 0.2) is 78.9 Å². The second-order valence-corrected chi connectivity index (χ2v) is 25.9. The predicted molar refractivity (Wildman–Crippen MR) is 377 cm³/mol. The number of amides is 12. The van der Waals surface area contributed by atoms with Gasteiger partial charge in [0, 0.05) is 52.2 Å². The van der Waals surface area contributed by atoms with E-state index in [-0.39, 0.29) is 113 Å². The van der Waals surface area contributed by atoms with Gasteiger partial charge in [-0.15, -0.1) is 0 Å². The maximum atomic E-state index is 14.5. The molecule has 104 heavy (non-hydrogen) atoms. The van der Waals surface area contributed by atoms with Gasteiger partial charge in [0.1, 0.15) is 65.9 Å². The Balaban J connectivity index is 1.70. The minimum atomic E-state index is -1.89. The summed E-state index contributed by atoms with van der Waals surface area (Å²) in [6.07, 6.45) is -0.975. The molecule has 3 aromatic rings. The van der Waals surface area contributed by atoms with E-state index in [1.54, 1.807) is 58.0 Å². The number of nitrogens with one attached hydrogen (secondary N) is 12. The van der Waals surface area contributed by atoms with Gasteiger partial charge in [0.05, 0.1) is 25.7 Å². The first-order valence-corrected chi connectivity index (χ1v) is 34.6. The lowest BCUT2D eigenvalue weighted by Crippen LogP contribution is -2.60. The molecule has 0 bridgehead atoms. The zero-order chi connectivity index (χ0) is 77.4. The van der Waals surface area contributed by atoms with Crippen LogP contribution in [-0.4, -0.2) is 214 Å². The molecule has 34 nitrogen and oxygen atoms in total. The van der Waals surface area contributed by atoms with E-state index >= 15 is 0 Å². The molecule has 0 saturated heterocycles. The van der Waals surface area contributed by atoms with Crippen molar-refractivity contribution in [1.82, 2.24) is 63.8 Å². The van der Waals surface area contributed by atoms with E-state index in [1.165, 1.54) is 55.6 Å². The van der Waals surface area contributed by atoms with Crippen molar-refractivity contribution in [3.63, 3.8) is 0 Å². The number of carboxylic acid groups (broad SMARTS) is 2. The Morgan fingerprint density at radius 3 is 1.30 bits per heavy atom. The first kappa shape index (κ1) is 87.9. The number of benzene rings is 3. The number of phenolic OH excluding ortho intramolecular Hbond substituents is 2. The van der Waals surface area contributed by atoms with Crippen LogP contribution in [0.5, 0.6) is 11.5 Å². The monoisotopic (exact) mass is 1460 g/mol. The smallest absolute Gasteiger partial charge is 0.305 e. The molecule has 574 valence electrons. The van der Waals surface area contributed by atoms with Gasteiger partial charge in [0.15, 0.2) is 0 Å². The average Bonchev–Trinajstić information content (AvgIpc) is 0.862. The summed E-state index contributed by atoms with van der Waals surface area (Å²) >= 11 is 0. The Morgan fingerprint density at radius 1 is 0.385 bits per heavy atom. The Morgan fingerprint density at radius 2 is 0.798 bits per heavy atom. The summed E-state index contributed by atoms with van der Waals surface area (Å²) in [5, 5.41) is 89.3. The fraction of sp³-hybridized carbons (Fsp3) is 0.543. The number of hydrogen-bond donors (Lipinski definition) is 20. The molecule has 0 radical (unpaired) electrons. The van der Waals surface area contributed by atoms with Crippen molar-refractivity contribution in [3.05, 3.63) is 95.6 Å². The molecule has 22 N–H and O–H groups in total. The molecule has 0 aliphatic carbocycles. The third kappa shape index (κ3) is 34.1. The highest BCUT2D eigenvalue weighted by molar-refractivity contribution is 5.99. The van der Waals surface area contributed by atoms with Crippen LogP contribution in [0.2, 0.25) is 0 Å². The molecule has 0 saturated carbocycles. The van der Waals surface area contributed by atoms with E-state index in [2.05, 4.69) is 63.8 Å². The van der Waals surface area contributed by atoms with E-state index < -0.39 is 170 Å². The van der Waals surface area contributed by atoms with Gasteiger partial charge in [0.25, 0.3) is 0 Å². The standard InChI is InChI=1S/C70H104N14O20/c1-40(2)32-50(79-69(103)55(38-85)83-61(95)47(72)34-43-18-22-45(87)23-19-43)65(99)82-54(37-60(93)94)68(102)77-49(26-27-59(91)92)62(96)74-30-13-7-10-17-58(90)76-48(16-11-12-29-71)64(98)81-53(35-42-14-8-6-9-15-42)67(101)78-51(33-41(3)4)66(100)84-56(39-86)70(104)80-52(36-44-20-24-46(88)25-21-44)63(97)75-31-28-57(89)73-5/h6,8-9,14-15,18-25,40-41,47-56,85-88H,7,10-13,16-17,26-39,71-72H2,1-5H3,(H,73,89)(H,74,96)(H,75,97)(H,76,90)(H,77,102)(H,78,101)(H,79,103)(H,80,104)(H,81,98)(H,82,99)(H,83,95)(H,84,100)(H,91,92)(H,93,94)/t47-,48-,49-,50-,51-,52-,53-,54-,55-,56-/m0/s1. The number of phenols is 2. The highest BCUT2D eigenvalue weighted by Gasteiger charge is 2.36. The topological polar surface area (TPSA) is 557 Å². The van der Waals surface area contributed by atoms with Crippen molar-refractivity contribution < 1.29 is 97.8 Å². The van der Waals surface area contributed by atoms with E-state index in [9.17, 15) is 97.8 Å². The van der Waals surface area contributed by atoms with E-state index in [0.717, 1.165) is 0 Å². The number of aromatic hydroxyl groups is 2. The molecule has 3 aromatic carbocycles. The first-order valence-electron chi connectivity index (χ1n) is 34.6. The third-order valence-corrected chi connectivity index (χ3v) is 16.2. The number of nitrogens with two attached hydrogens (primary N) is 2. The zero-order valence-corrected chi connectivity index (χ0v) is 59.3. The summed E-state index contributed by atoms with van der Waals surface area (Å²) in [7, 11) is 1.42. The predicted octanol–water partition coefficient (Wildman–Crippen LogP) is -2.71. The van der Waals surface area contributed by atoms with Crippen molar-refractivity contribution in [2.75, 3.05) is 39.9 Å². The van der Waals surface area contributed by atoms with Crippen LogP contribution in [0.1, 0.15) is 128 Å². The van der Waals surface area contributed by atoms with Gasteiger partial charge >= 0.3 is 11.9 Å². The highest BCUT2D eigenvalue weighted by atomic mass is 16.4. The normalized spacial score (nSPS) is 14.0. The Bertz CT molecular complexity index is 3310. The van der Waals surface area contributed by atoms with Crippen LogP contribution in [0, 0.1) is 11.8 Å². The number of unbranched alkanes of at least 4 members (excludes halogenated alkanes) is 3. The van der Waals surface area contributed by atoms with Crippen LogP contribution in [0.4, 0.5) is 0 Å². The molecular formula is C70H104N14O20. The summed E-state index contributed by atoms with van der Waals surface area (Å²) in [5.74, 6) is -13.6. The van der Waals surface area contributed by atoms with E-state index in [0.29, 0.717) is 36.0 Å². The Kier molecular flexibility index (Phi) is 39.8. The number of rotatable bonds is 49. The molecular weight excluding hydrogens is 1360 g/mol. The number of aliphatic carboxylic acids is 2. The SMILES string of the molecule is CNC(=O)CCNC(=O)[C@H](Cc1ccc(O)cc1)NC(=O)[C@H](CO)NC(=O)[C@H](CC(C)C)NC(=O)[C@H](Cc1ccccc1)NC(=O)[C@H](CCCCN)NC(=O)CCCCCNC(=O)[C@H](CCC(=O)O)NC(=O)[C@H](CC(=O)O)NC(=O)[C@H](CC(C)C)NC(=O)[C@H](CO)NC(=O)[C@@H](N)Cc1ccc(O)cc1. The fourth-order valence-corrected chi connectivity index (χ4v) is 10.5. The van der Waals surface area contributed by atoms with Gasteiger partial charge in [-0.25, -0.2) is 0 Å². The van der Waals surface area contributed by atoms with Gasteiger partial charge in [-0.2, -0.15) is 0 Å². The summed E-state index contributed by atoms with van der Waals surface area (Å²) in [4.78, 5) is 187. The van der Waals surface area contributed by atoms with Crippen molar-refractivity contribution in [1.29, 1.82) is 0 Å². The van der Waals surface area contributed by atoms with E-state index in [4.69, 9.17) is 11.5 Å². The first-order chi connectivity index (χ1) is 49.4. The molecule has 0 heterocycles. The van der Waals surface area contributed by atoms with Crippen LogP contribution in [0.25, 0.3) is 0 Å². The molecule has 12 amide bonds. The quantitative estimate of drug-likeness (QED) is 0.0256. The van der Waals surface area contributed by atoms with Crippen molar-refractivity contribution >= 4 is 82.8 Å². The molecule has 10 atom stereocenters. The van der Waals surface area contributed by atoms with Crippen LogP contribution >= 0.6 is 0 Å². The number of aliphatic hydroxyl groups excluding tert-OH is 2. The summed E-state index contributed by atoms with van der Waals surface area (Å²) in [5.41, 5.74) is 13.5. The van der Waals surface area contributed by atoms with E-state index in [1.807, 2.05) is 0 Å². The van der Waals surface area contributed by atoms with Gasteiger partial charge in [-0.05, 0) is 117 Å². The Labute approximate surface area is 603 Å². The molecule has 0 spiro atoms. The maximum Gasteiger partial charge on any atom is 0.305 e. The zero-order valence-electron chi connectivity index (χ0n) is 59.3. The van der Waals surface area contributed by atoms with Crippen molar-refractivity contribution in [2.24, 2.45) is 23.3 Å². The molecule has 0 unspecified atom stereocenters. The number of carboxylic acids is 2. The third-order valence-electron chi connectivity index (χ3n) is 16.2. The minimum absolute atomic E-state index is 0.00558. The molecule has 0 aliphatic rings. The average molecular weight is 1460 g/mol. The number of carbonyl (C=O) groups is 14. The van der Waals surface area contributed by atoms with Gasteiger partial charge < -0.3 is 106 Å². The number of carbonyl (C=O) groups excluding carboxylic acids is 12. The summed E-state index contributed by atoms with van der Waals surface area (Å²) < 4.78 is 0. The Hall–Kier alpha value is -10.3. The summed E-state index contributed by atoms with van der Waals surface area (Å²) in [6, 6.07) is 5.60. The van der Waals surface area contributed by atoms with Gasteiger partial charge in [-0.1, -0.05) is 88.7 Å². The van der Waals surface area contributed by atoms with Crippen molar-refractivity contribution in [3.8, 4) is 11.5 Å². The second kappa shape index (κ2) is 47.0. The second-order valence-electron chi connectivity index (χ2n) is 25.9. The van der Waals surface area contributed by atoms with Crippen molar-refractivity contribution in [2.45, 2.75) is 191 Å². The largest absolute Gasteiger partial charge is 0.508 e. The number of aliphatic hydroxyl groups is 2. The minimum Gasteiger partial charge on any atom is -0.508 e. The fourth-order valence-electron chi connectivity index (χ4n) is 10.5. The molecule has 0 aromatic heterocycles. The molecule has 34 heteroatoms. The molecule has 0 fully saturated rings. The van der Waals surface area contributed by atoms with Crippen LogP contribution in [-0.2, 0) is 86.4 Å². The summed E-state index contributed by atoms with van der Waals surface area (Å²) in [6.45, 7) is 5.12. The maximum absolute atomic E-state index is 14.5. The lowest BCUT2D eigenvalue weighted by molar-refractivity contribution is -0.141. The van der Waals surface area contributed by atoms with Crippen LogP contribution in [0.3, 0.4) is 0 Å². The molecule has 3 rings (SSSR count). The van der Waals surface area contributed by atoms with Gasteiger partial charge in [0.2, 0.25) is 70.9 Å². The highest BCUT2D eigenvalue weighted by Crippen LogP contribution is 2.16. The number of hydrogen-bond acceptors (Lipinski definition) is 20.